The number of piperidine rings is 1. The molecule has 2 fully saturated rings. The van der Waals surface area contributed by atoms with Crippen LogP contribution in [0.1, 0.15) is 45.6 Å². The van der Waals surface area contributed by atoms with E-state index in [1.807, 2.05) is 51.1 Å². The third kappa shape index (κ3) is 5.96. The second-order valence-corrected chi connectivity index (χ2v) is 8.87. The Morgan fingerprint density at radius 2 is 1.71 bits per heavy atom. The average molecular weight is 389 g/mol. The Kier molecular flexibility index (Phi) is 6.60. The molecule has 0 unspecified atom stereocenters. The molecule has 0 aromatic heterocycles. The van der Waals surface area contributed by atoms with Crippen LogP contribution in [0.2, 0.25) is 0 Å². The van der Waals surface area contributed by atoms with Crippen LogP contribution in [0.15, 0.2) is 30.3 Å². The molecule has 0 bridgehead atoms. The second kappa shape index (κ2) is 8.95. The first-order chi connectivity index (χ1) is 13.3. The molecular weight excluding hydrogens is 356 g/mol. The molecular formula is C22H32N2O4. The number of benzene rings is 1. The van der Waals surface area contributed by atoms with Gasteiger partial charge in [0.2, 0.25) is 0 Å². The molecule has 6 nitrogen and oxygen atoms in total. The zero-order valence-electron chi connectivity index (χ0n) is 17.2. The van der Waals surface area contributed by atoms with Gasteiger partial charge in [-0.2, -0.15) is 0 Å². The summed E-state index contributed by atoms with van der Waals surface area (Å²) in [5.74, 6) is 0.289. The van der Waals surface area contributed by atoms with E-state index in [0.29, 0.717) is 25.0 Å². The molecule has 2 heterocycles. The second-order valence-electron chi connectivity index (χ2n) is 8.87. The summed E-state index contributed by atoms with van der Waals surface area (Å²) in [6.07, 6.45) is 2.19. The largest absolute Gasteiger partial charge is 0.460 e. The smallest absolute Gasteiger partial charge is 0.410 e. The Balaban J connectivity index is 1.33. The third-order valence-electron chi connectivity index (χ3n) is 5.30. The Morgan fingerprint density at radius 3 is 2.32 bits per heavy atom. The molecule has 28 heavy (non-hydrogen) atoms. The van der Waals surface area contributed by atoms with E-state index in [2.05, 4.69) is 4.90 Å². The minimum Gasteiger partial charge on any atom is -0.460 e. The number of amides is 1. The molecule has 1 aromatic rings. The summed E-state index contributed by atoms with van der Waals surface area (Å²) in [6, 6.07) is 10.2. The summed E-state index contributed by atoms with van der Waals surface area (Å²) in [7, 11) is 0. The first-order valence-corrected chi connectivity index (χ1v) is 10.2. The van der Waals surface area contributed by atoms with Crippen LogP contribution in [0.5, 0.6) is 0 Å². The van der Waals surface area contributed by atoms with Crippen molar-refractivity contribution in [3.63, 3.8) is 0 Å². The van der Waals surface area contributed by atoms with E-state index in [0.717, 1.165) is 44.6 Å². The lowest BCUT2D eigenvalue weighted by Gasteiger charge is -2.47. The monoisotopic (exact) mass is 388 g/mol. The van der Waals surface area contributed by atoms with Gasteiger partial charge < -0.3 is 14.4 Å². The molecule has 0 radical (unpaired) electrons. The Hall–Kier alpha value is -2.08. The van der Waals surface area contributed by atoms with Crippen LogP contribution in [0.4, 0.5) is 4.79 Å². The van der Waals surface area contributed by atoms with Crippen LogP contribution in [0, 0.1) is 5.92 Å². The highest BCUT2D eigenvalue weighted by atomic mass is 16.6. The van der Waals surface area contributed by atoms with Crippen LogP contribution in [-0.4, -0.2) is 59.7 Å². The maximum absolute atomic E-state index is 12.3. The first kappa shape index (κ1) is 20.6. The fourth-order valence-electron chi connectivity index (χ4n) is 3.88. The van der Waals surface area contributed by atoms with Gasteiger partial charge in [0.25, 0.3) is 0 Å². The molecule has 2 aliphatic rings. The minimum atomic E-state index is -0.414. The quantitative estimate of drug-likeness (QED) is 0.723. The fourth-order valence-corrected chi connectivity index (χ4v) is 3.88. The normalized spacial score (nSPS) is 19.2. The van der Waals surface area contributed by atoms with E-state index in [9.17, 15) is 9.59 Å². The zero-order chi connectivity index (χ0) is 20.1. The van der Waals surface area contributed by atoms with E-state index in [4.69, 9.17) is 9.47 Å². The van der Waals surface area contributed by atoms with Crippen molar-refractivity contribution in [2.24, 2.45) is 5.92 Å². The average Bonchev–Trinajstić information content (AvgIpc) is 2.62. The summed E-state index contributed by atoms with van der Waals surface area (Å²) >= 11 is 0. The van der Waals surface area contributed by atoms with Crippen molar-refractivity contribution in [3.8, 4) is 0 Å². The molecule has 0 spiro atoms. The highest BCUT2D eigenvalue weighted by molar-refractivity contribution is 5.70. The third-order valence-corrected chi connectivity index (χ3v) is 5.30. The number of ether oxygens (including phenoxy) is 2. The van der Waals surface area contributed by atoms with Gasteiger partial charge >= 0.3 is 12.1 Å². The molecule has 154 valence electrons. The number of hydrogen-bond acceptors (Lipinski definition) is 5. The van der Waals surface area contributed by atoms with E-state index in [1.165, 1.54) is 0 Å². The molecule has 3 rings (SSSR count). The van der Waals surface area contributed by atoms with Crippen LogP contribution in [-0.2, 0) is 20.9 Å². The van der Waals surface area contributed by atoms with Gasteiger partial charge in [-0.25, -0.2) is 4.79 Å². The van der Waals surface area contributed by atoms with E-state index >= 15 is 0 Å². The number of rotatable bonds is 5. The summed E-state index contributed by atoms with van der Waals surface area (Å²) in [4.78, 5) is 28.4. The van der Waals surface area contributed by atoms with Crippen LogP contribution < -0.4 is 0 Å². The minimum absolute atomic E-state index is 0.104. The van der Waals surface area contributed by atoms with Gasteiger partial charge in [-0.1, -0.05) is 30.3 Å². The van der Waals surface area contributed by atoms with Gasteiger partial charge in [0.15, 0.2) is 0 Å². The number of hydrogen-bond donors (Lipinski definition) is 0. The molecule has 1 aromatic carbocycles. The van der Waals surface area contributed by atoms with Crippen LogP contribution >= 0.6 is 0 Å². The van der Waals surface area contributed by atoms with E-state index in [-0.39, 0.29) is 12.1 Å². The van der Waals surface area contributed by atoms with Gasteiger partial charge in [0.05, 0.1) is 6.42 Å². The maximum atomic E-state index is 12.3. The molecule has 0 N–H and O–H groups in total. The molecule has 0 aliphatic carbocycles. The first-order valence-electron chi connectivity index (χ1n) is 10.2. The lowest BCUT2D eigenvalue weighted by molar-refractivity contribution is -0.157. The number of nitrogens with zero attached hydrogens (tertiary/aromatic N) is 2. The molecule has 2 aliphatic heterocycles. The van der Waals surface area contributed by atoms with E-state index in [1.54, 1.807) is 4.90 Å². The number of carbonyl (C=O) groups is 2. The van der Waals surface area contributed by atoms with Crippen molar-refractivity contribution in [2.45, 2.75) is 58.3 Å². The SMILES string of the molecule is CC(C)(C)OC(=O)CC1CN(C2CCN(C(=O)OCc3ccccc3)CC2)C1. The van der Waals surface area contributed by atoms with Crippen LogP contribution in [0.3, 0.4) is 0 Å². The molecule has 0 atom stereocenters. The maximum Gasteiger partial charge on any atom is 0.410 e. The van der Waals surface area contributed by atoms with Crippen molar-refractivity contribution in [2.75, 3.05) is 26.2 Å². The standard InChI is InChI=1S/C22H32N2O4/c1-22(2,3)28-20(25)13-18-14-24(15-18)19-9-11-23(12-10-19)21(26)27-16-17-7-5-4-6-8-17/h4-8,18-19H,9-16H2,1-3H3. The summed E-state index contributed by atoms with van der Waals surface area (Å²) in [5.41, 5.74) is 0.588. The van der Waals surface area contributed by atoms with Crippen molar-refractivity contribution in [3.05, 3.63) is 35.9 Å². The topological polar surface area (TPSA) is 59.1 Å². The van der Waals surface area contributed by atoms with Crippen molar-refractivity contribution in [1.29, 1.82) is 0 Å². The summed E-state index contributed by atoms with van der Waals surface area (Å²) in [5, 5.41) is 0. The van der Waals surface area contributed by atoms with Crippen molar-refractivity contribution >= 4 is 12.1 Å². The van der Waals surface area contributed by atoms with Crippen molar-refractivity contribution in [1.82, 2.24) is 9.80 Å². The van der Waals surface area contributed by atoms with Gasteiger partial charge in [0, 0.05) is 32.2 Å². The number of likely N-dealkylation sites (tertiary alicyclic amines) is 2. The predicted octanol–water partition coefficient (Wildman–Crippen LogP) is 3.45. The van der Waals surface area contributed by atoms with Crippen LogP contribution in [0.25, 0.3) is 0 Å². The lowest BCUT2D eigenvalue weighted by Crippen LogP contribution is -2.56. The number of esters is 1. The molecule has 1 amide bonds. The Bertz CT molecular complexity index is 657. The highest BCUT2D eigenvalue weighted by Gasteiger charge is 2.36. The summed E-state index contributed by atoms with van der Waals surface area (Å²) in [6.45, 7) is 9.36. The van der Waals surface area contributed by atoms with Gasteiger partial charge in [0.1, 0.15) is 12.2 Å². The Morgan fingerprint density at radius 1 is 1.07 bits per heavy atom. The van der Waals surface area contributed by atoms with Gasteiger partial charge in [-0.15, -0.1) is 0 Å². The van der Waals surface area contributed by atoms with Gasteiger partial charge in [-0.3, -0.25) is 9.69 Å². The molecule has 6 heteroatoms. The predicted molar refractivity (Wildman–Crippen MR) is 107 cm³/mol. The Labute approximate surface area is 167 Å². The molecule has 2 saturated heterocycles. The fraction of sp³-hybridized carbons (Fsp3) is 0.636. The van der Waals surface area contributed by atoms with Gasteiger partial charge in [-0.05, 0) is 45.1 Å². The summed E-state index contributed by atoms with van der Waals surface area (Å²) < 4.78 is 10.8. The van der Waals surface area contributed by atoms with Crippen molar-refractivity contribution < 1.29 is 19.1 Å². The highest BCUT2D eigenvalue weighted by Crippen LogP contribution is 2.28. The van der Waals surface area contributed by atoms with E-state index < -0.39 is 5.60 Å². The number of carbonyl (C=O) groups excluding carboxylic acids is 2. The zero-order valence-corrected chi connectivity index (χ0v) is 17.2. The lowest BCUT2D eigenvalue weighted by atomic mass is 9.91. The molecule has 0 saturated carbocycles.